The van der Waals surface area contributed by atoms with Gasteiger partial charge in [0.1, 0.15) is 10.7 Å². The molecule has 0 atom stereocenters. The van der Waals surface area contributed by atoms with Crippen molar-refractivity contribution in [3.05, 3.63) is 27.9 Å². The van der Waals surface area contributed by atoms with Gasteiger partial charge in [0.15, 0.2) is 0 Å². The zero-order chi connectivity index (χ0) is 14.7. The molecule has 1 saturated heterocycles. The van der Waals surface area contributed by atoms with Crippen LogP contribution in [0.25, 0.3) is 10.6 Å². The molecule has 0 bridgehead atoms. The molecule has 1 aliphatic rings. The first kappa shape index (κ1) is 14.2. The van der Waals surface area contributed by atoms with Crippen molar-refractivity contribution in [1.82, 2.24) is 15.2 Å². The third-order valence-electron chi connectivity index (χ3n) is 3.36. The van der Waals surface area contributed by atoms with Gasteiger partial charge in [0.2, 0.25) is 5.91 Å². The predicted octanol–water partition coefficient (Wildman–Crippen LogP) is 2.22. The van der Waals surface area contributed by atoms with Gasteiger partial charge in [-0.25, -0.2) is 4.98 Å². The van der Waals surface area contributed by atoms with Gasteiger partial charge in [0.05, 0.1) is 6.54 Å². The summed E-state index contributed by atoms with van der Waals surface area (Å²) >= 11 is 3.03. The number of hydrogen-bond acceptors (Lipinski definition) is 5. The molecule has 2 amide bonds. The fraction of sp³-hybridized carbons (Fsp3) is 0.357. The molecular weight excluding hydrogens is 306 g/mol. The zero-order valence-corrected chi connectivity index (χ0v) is 13.0. The van der Waals surface area contributed by atoms with Crippen molar-refractivity contribution in [2.24, 2.45) is 0 Å². The summed E-state index contributed by atoms with van der Waals surface area (Å²) in [6.07, 6.45) is 2.10. The number of nitrogens with zero attached hydrogens (tertiary/aromatic N) is 2. The number of thiazole rings is 1. The summed E-state index contributed by atoms with van der Waals surface area (Å²) in [7, 11) is 0. The minimum Gasteiger partial charge on any atom is -0.342 e. The van der Waals surface area contributed by atoms with E-state index in [1.54, 1.807) is 21.6 Å². The highest BCUT2D eigenvalue weighted by Crippen LogP contribution is 2.25. The highest BCUT2D eigenvalue weighted by atomic mass is 32.1. The van der Waals surface area contributed by atoms with Gasteiger partial charge in [0, 0.05) is 29.4 Å². The van der Waals surface area contributed by atoms with E-state index in [1.807, 2.05) is 16.8 Å². The van der Waals surface area contributed by atoms with Crippen molar-refractivity contribution in [3.8, 4) is 10.6 Å². The second kappa shape index (κ2) is 6.36. The maximum atomic E-state index is 12.0. The smallest absolute Gasteiger partial charge is 0.271 e. The number of carbonyl (C=O) groups is 2. The predicted molar refractivity (Wildman–Crippen MR) is 83.6 cm³/mol. The molecule has 1 fully saturated rings. The highest BCUT2D eigenvalue weighted by Gasteiger charge is 2.19. The van der Waals surface area contributed by atoms with Crippen LogP contribution in [0.1, 0.15) is 23.3 Å². The van der Waals surface area contributed by atoms with E-state index < -0.39 is 0 Å². The molecule has 0 unspecified atom stereocenters. The zero-order valence-electron chi connectivity index (χ0n) is 11.4. The van der Waals surface area contributed by atoms with E-state index in [-0.39, 0.29) is 18.4 Å². The fourth-order valence-electron chi connectivity index (χ4n) is 2.22. The third kappa shape index (κ3) is 3.30. The summed E-state index contributed by atoms with van der Waals surface area (Å²) in [4.78, 5) is 30.0. The van der Waals surface area contributed by atoms with E-state index in [9.17, 15) is 9.59 Å². The number of likely N-dealkylation sites (tertiary alicyclic amines) is 1. The van der Waals surface area contributed by atoms with Gasteiger partial charge in [0.25, 0.3) is 5.91 Å². The van der Waals surface area contributed by atoms with Crippen LogP contribution in [0, 0.1) is 0 Å². The molecule has 1 aliphatic heterocycles. The Bertz CT molecular complexity index is 630. The van der Waals surface area contributed by atoms with Gasteiger partial charge in [-0.2, -0.15) is 11.3 Å². The number of hydrogen-bond donors (Lipinski definition) is 1. The van der Waals surface area contributed by atoms with Crippen LogP contribution in [0.3, 0.4) is 0 Å². The number of amides is 2. The third-order valence-corrected chi connectivity index (χ3v) is 4.94. The first-order valence-corrected chi connectivity index (χ1v) is 8.60. The number of carbonyl (C=O) groups excluding carboxylic acids is 2. The molecule has 21 heavy (non-hydrogen) atoms. The standard InChI is InChI=1S/C14H15N3O2S2/c18-12(17-4-1-2-5-17)7-15-13(19)11-9-21-14(16-11)10-3-6-20-8-10/h3,6,8-9H,1-2,4-5,7H2,(H,15,19). The van der Waals surface area contributed by atoms with E-state index in [0.29, 0.717) is 5.69 Å². The SMILES string of the molecule is O=C(NCC(=O)N1CCCC1)c1csc(-c2ccsc2)n1. The number of thiophene rings is 1. The quantitative estimate of drug-likeness (QED) is 0.939. The van der Waals surface area contributed by atoms with Gasteiger partial charge in [-0.3, -0.25) is 9.59 Å². The van der Waals surface area contributed by atoms with E-state index in [1.165, 1.54) is 11.3 Å². The van der Waals surface area contributed by atoms with Crippen molar-refractivity contribution < 1.29 is 9.59 Å². The lowest BCUT2D eigenvalue weighted by Gasteiger charge is -2.14. The molecule has 0 radical (unpaired) electrons. The average Bonchev–Trinajstić information content (AvgIpc) is 3.25. The van der Waals surface area contributed by atoms with Gasteiger partial charge >= 0.3 is 0 Å². The summed E-state index contributed by atoms with van der Waals surface area (Å²) in [5, 5.41) is 9.18. The van der Waals surface area contributed by atoms with E-state index in [4.69, 9.17) is 0 Å². The molecule has 110 valence electrons. The maximum absolute atomic E-state index is 12.0. The lowest BCUT2D eigenvalue weighted by atomic mass is 10.3. The molecule has 1 N–H and O–H groups in total. The largest absolute Gasteiger partial charge is 0.342 e. The minimum absolute atomic E-state index is 0.0193. The molecule has 7 heteroatoms. The Morgan fingerprint density at radius 2 is 2.10 bits per heavy atom. The van der Waals surface area contributed by atoms with Crippen LogP contribution < -0.4 is 5.32 Å². The van der Waals surface area contributed by atoms with E-state index >= 15 is 0 Å². The fourth-order valence-corrected chi connectivity index (χ4v) is 3.73. The Labute approximate surface area is 130 Å². The van der Waals surface area contributed by atoms with E-state index in [2.05, 4.69) is 10.3 Å². The molecule has 0 aromatic carbocycles. The van der Waals surface area contributed by atoms with Crippen LogP contribution >= 0.6 is 22.7 Å². The molecule has 3 heterocycles. The number of rotatable bonds is 4. The van der Waals surface area contributed by atoms with Crippen LogP contribution in [0.4, 0.5) is 0 Å². The number of nitrogens with one attached hydrogen (secondary N) is 1. The second-order valence-corrected chi connectivity index (χ2v) is 6.46. The summed E-state index contributed by atoms with van der Waals surface area (Å²) in [5.74, 6) is -0.311. The number of aromatic nitrogens is 1. The topological polar surface area (TPSA) is 62.3 Å². The second-order valence-electron chi connectivity index (χ2n) is 4.82. The normalized spacial score (nSPS) is 14.4. The molecule has 3 rings (SSSR count). The monoisotopic (exact) mass is 321 g/mol. The van der Waals surface area contributed by atoms with Gasteiger partial charge < -0.3 is 10.2 Å². The van der Waals surface area contributed by atoms with Gasteiger partial charge in [-0.1, -0.05) is 0 Å². The molecular formula is C14H15N3O2S2. The lowest BCUT2D eigenvalue weighted by Crippen LogP contribution is -2.38. The van der Waals surface area contributed by atoms with Crippen LogP contribution in [0.15, 0.2) is 22.2 Å². The van der Waals surface area contributed by atoms with Crippen molar-refractivity contribution >= 4 is 34.5 Å². The summed E-state index contributed by atoms with van der Waals surface area (Å²) in [6.45, 7) is 1.64. The Kier molecular flexibility index (Phi) is 4.31. The van der Waals surface area contributed by atoms with Crippen molar-refractivity contribution in [1.29, 1.82) is 0 Å². The summed E-state index contributed by atoms with van der Waals surface area (Å²) < 4.78 is 0. The molecule has 2 aromatic rings. The maximum Gasteiger partial charge on any atom is 0.271 e. The van der Waals surface area contributed by atoms with Gasteiger partial charge in [-0.05, 0) is 24.3 Å². The molecule has 2 aromatic heterocycles. The average molecular weight is 321 g/mol. The Morgan fingerprint density at radius 3 is 2.81 bits per heavy atom. The summed E-state index contributed by atoms with van der Waals surface area (Å²) in [5.41, 5.74) is 1.40. The van der Waals surface area contributed by atoms with Crippen molar-refractivity contribution in [2.75, 3.05) is 19.6 Å². The lowest BCUT2D eigenvalue weighted by molar-refractivity contribution is -0.129. The molecule has 5 nitrogen and oxygen atoms in total. The molecule has 0 saturated carbocycles. The Hall–Kier alpha value is -1.73. The molecule has 0 spiro atoms. The van der Waals surface area contributed by atoms with Crippen molar-refractivity contribution in [2.45, 2.75) is 12.8 Å². The Balaban J connectivity index is 1.57. The van der Waals surface area contributed by atoms with Crippen LogP contribution in [0.5, 0.6) is 0 Å². The van der Waals surface area contributed by atoms with E-state index in [0.717, 1.165) is 36.5 Å². The van der Waals surface area contributed by atoms with Crippen molar-refractivity contribution in [3.63, 3.8) is 0 Å². The van der Waals surface area contributed by atoms with Crippen LogP contribution in [-0.2, 0) is 4.79 Å². The minimum atomic E-state index is -0.291. The Morgan fingerprint density at radius 1 is 1.29 bits per heavy atom. The van der Waals surface area contributed by atoms with Gasteiger partial charge in [-0.15, -0.1) is 11.3 Å². The first-order valence-electron chi connectivity index (χ1n) is 6.78. The first-order chi connectivity index (χ1) is 10.2. The highest BCUT2D eigenvalue weighted by molar-refractivity contribution is 7.14. The van der Waals surface area contributed by atoms with Crippen LogP contribution in [-0.4, -0.2) is 41.3 Å². The van der Waals surface area contributed by atoms with Crippen LogP contribution in [0.2, 0.25) is 0 Å². The molecule has 0 aliphatic carbocycles. The summed E-state index contributed by atoms with van der Waals surface area (Å²) in [6, 6.07) is 1.97.